The zero-order valence-corrected chi connectivity index (χ0v) is 12.5. The van der Waals surface area contributed by atoms with E-state index < -0.39 is 0 Å². The quantitative estimate of drug-likeness (QED) is 0.912. The summed E-state index contributed by atoms with van der Waals surface area (Å²) in [5, 5.41) is 0. The van der Waals surface area contributed by atoms with E-state index in [0.717, 1.165) is 11.1 Å². The van der Waals surface area contributed by atoms with Gasteiger partial charge in [-0.05, 0) is 32.0 Å². The van der Waals surface area contributed by atoms with Gasteiger partial charge < -0.3 is 15.2 Å². The highest BCUT2D eigenvalue weighted by Crippen LogP contribution is 2.26. The number of ether oxygens (including phenoxy) is 2. The van der Waals surface area contributed by atoms with Crippen molar-refractivity contribution in [3.8, 4) is 11.5 Å². The Hall–Kier alpha value is -2.07. The van der Waals surface area contributed by atoms with Crippen LogP contribution in [0.25, 0.3) is 0 Å². The Morgan fingerprint density at radius 2 is 1.95 bits per heavy atom. The SMILES string of the molecule is COc1ccc(COc2ccc(C)cc2[C@H](C)N)c(F)c1. The summed E-state index contributed by atoms with van der Waals surface area (Å²) in [6.07, 6.45) is 0. The van der Waals surface area contributed by atoms with E-state index in [4.69, 9.17) is 15.2 Å². The van der Waals surface area contributed by atoms with E-state index in [9.17, 15) is 4.39 Å². The van der Waals surface area contributed by atoms with Crippen LogP contribution >= 0.6 is 0 Å². The monoisotopic (exact) mass is 289 g/mol. The number of hydrogen-bond donors (Lipinski definition) is 1. The van der Waals surface area contributed by atoms with Gasteiger partial charge >= 0.3 is 0 Å². The van der Waals surface area contributed by atoms with Crippen molar-refractivity contribution in [2.75, 3.05) is 7.11 Å². The molecule has 2 N–H and O–H groups in total. The molecule has 0 radical (unpaired) electrons. The number of aryl methyl sites for hydroxylation is 1. The Morgan fingerprint density at radius 3 is 2.57 bits per heavy atom. The van der Waals surface area contributed by atoms with Crippen LogP contribution in [0.3, 0.4) is 0 Å². The molecule has 2 rings (SSSR count). The minimum atomic E-state index is -0.344. The zero-order valence-electron chi connectivity index (χ0n) is 12.5. The molecule has 1 atom stereocenters. The normalized spacial score (nSPS) is 12.0. The molecule has 0 heterocycles. The van der Waals surface area contributed by atoms with Crippen LogP contribution in [0, 0.1) is 12.7 Å². The topological polar surface area (TPSA) is 44.5 Å². The molecule has 0 aliphatic heterocycles. The van der Waals surface area contributed by atoms with E-state index >= 15 is 0 Å². The Balaban J connectivity index is 2.16. The van der Waals surface area contributed by atoms with E-state index in [1.54, 1.807) is 12.1 Å². The van der Waals surface area contributed by atoms with Crippen molar-refractivity contribution in [2.24, 2.45) is 5.73 Å². The summed E-state index contributed by atoms with van der Waals surface area (Å²) in [6, 6.07) is 10.4. The highest BCUT2D eigenvalue weighted by molar-refractivity contribution is 5.39. The second-order valence-corrected chi connectivity index (χ2v) is 5.08. The van der Waals surface area contributed by atoms with Crippen LogP contribution < -0.4 is 15.2 Å². The molecule has 0 spiro atoms. The van der Waals surface area contributed by atoms with Gasteiger partial charge in [0, 0.05) is 23.2 Å². The maximum absolute atomic E-state index is 13.9. The zero-order chi connectivity index (χ0) is 15.4. The summed E-state index contributed by atoms with van der Waals surface area (Å²) in [6.45, 7) is 4.05. The molecule has 0 fully saturated rings. The van der Waals surface area contributed by atoms with Crippen molar-refractivity contribution in [3.05, 3.63) is 58.9 Å². The molecule has 2 aromatic rings. The van der Waals surface area contributed by atoms with Crippen molar-refractivity contribution in [1.82, 2.24) is 0 Å². The largest absolute Gasteiger partial charge is 0.497 e. The number of benzene rings is 2. The van der Waals surface area contributed by atoms with Gasteiger partial charge in [0.2, 0.25) is 0 Å². The van der Waals surface area contributed by atoms with E-state index in [-0.39, 0.29) is 18.5 Å². The minimum Gasteiger partial charge on any atom is -0.497 e. The van der Waals surface area contributed by atoms with Crippen LogP contribution in [0.1, 0.15) is 29.7 Å². The van der Waals surface area contributed by atoms with Crippen molar-refractivity contribution in [3.63, 3.8) is 0 Å². The standard InChI is InChI=1S/C17H20FNO2/c1-11-4-7-17(15(8-11)12(2)19)21-10-13-5-6-14(20-3)9-16(13)18/h4-9,12H,10,19H2,1-3H3/t12-/m0/s1. The Labute approximate surface area is 124 Å². The molecule has 0 amide bonds. The third-order valence-corrected chi connectivity index (χ3v) is 3.30. The highest BCUT2D eigenvalue weighted by Gasteiger charge is 2.10. The van der Waals surface area contributed by atoms with Crippen LogP contribution in [-0.4, -0.2) is 7.11 Å². The summed E-state index contributed by atoms with van der Waals surface area (Å²) < 4.78 is 24.6. The molecule has 0 aliphatic carbocycles. The molecule has 2 aromatic carbocycles. The predicted molar refractivity (Wildman–Crippen MR) is 81.1 cm³/mol. The maximum Gasteiger partial charge on any atom is 0.133 e. The molecule has 3 nitrogen and oxygen atoms in total. The second-order valence-electron chi connectivity index (χ2n) is 5.08. The number of nitrogens with two attached hydrogens (primary N) is 1. The fourth-order valence-electron chi connectivity index (χ4n) is 2.08. The third kappa shape index (κ3) is 3.73. The summed E-state index contributed by atoms with van der Waals surface area (Å²) in [5.74, 6) is 0.831. The van der Waals surface area contributed by atoms with Crippen molar-refractivity contribution in [2.45, 2.75) is 26.5 Å². The smallest absolute Gasteiger partial charge is 0.133 e. The molecule has 4 heteroatoms. The summed E-state index contributed by atoms with van der Waals surface area (Å²) in [4.78, 5) is 0. The first-order valence-corrected chi connectivity index (χ1v) is 6.82. The van der Waals surface area contributed by atoms with Crippen LogP contribution in [0.4, 0.5) is 4.39 Å². The number of hydrogen-bond acceptors (Lipinski definition) is 3. The summed E-state index contributed by atoms with van der Waals surface area (Å²) in [5.41, 5.74) is 8.46. The van der Waals surface area contributed by atoms with Gasteiger partial charge in [0.1, 0.15) is 23.9 Å². The van der Waals surface area contributed by atoms with Crippen molar-refractivity contribution < 1.29 is 13.9 Å². The molecule has 0 saturated heterocycles. The molecule has 0 bridgehead atoms. The molecule has 0 unspecified atom stereocenters. The Morgan fingerprint density at radius 1 is 1.19 bits per heavy atom. The second kappa shape index (κ2) is 6.59. The lowest BCUT2D eigenvalue weighted by molar-refractivity contribution is 0.294. The summed E-state index contributed by atoms with van der Waals surface area (Å²) in [7, 11) is 1.51. The molecule has 0 aromatic heterocycles. The predicted octanol–water partition coefficient (Wildman–Crippen LogP) is 3.74. The van der Waals surface area contributed by atoms with Gasteiger partial charge in [-0.25, -0.2) is 4.39 Å². The van der Waals surface area contributed by atoms with Crippen molar-refractivity contribution >= 4 is 0 Å². The molecule has 0 saturated carbocycles. The first kappa shape index (κ1) is 15.3. The summed E-state index contributed by atoms with van der Waals surface area (Å²) >= 11 is 0. The van der Waals surface area contributed by atoms with Gasteiger partial charge in [-0.3, -0.25) is 0 Å². The number of halogens is 1. The third-order valence-electron chi connectivity index (χ3n) is 3.30. The molecular weight excluding hydrogens is 269 g/mol. The van der Waals surface area contributed by atoms with Gasteiger partial charge in [0.25, 0.3) is 0 Å². The lowest BCUT2D eigenvalue weighted by atomic mass is 10.1. The van der Waals surface area contributed by atoms with Gasteiger partial charge in [0.05, 0.1) is 7.11 Å². The van der Waals surface area contributed by atoms with Crippen LogP contribution in [-0.2, 0) is 6.61 Å². The van der Waals surface area contributed by atoms with Crippen LogP contribution in [0.2, 0.25) is 0 Å². The Kier molecular flexibility index (Phi) is 4.81. The Bertz CT molecular complexity index is 626. The number of methoxy groups -OCH3 is 1. The lowest BCUT2D eigenvalue weighted by Crippen LogP contribution is -2.09. The van der Waals surface area contributed by atoms with E-state index in [1.807, 2.05) is 32.0 Å². The molecule has 0 aliphatic rings. The van der Waals surface area contributed by atoms with Crippen LogP contribution in [0.15, 0.2) is 36.4 Å². The fourth-order valence-corrected chi connectivity index (χ4v) is 2.08. The van der Waals surface area contributed by atoms with Gasteiger partial charge in [0.15, 0.2) is 0 Å². The average molecular weight is 289 g/mol. The van der Waals surface area contributed by atoms with Crippen molar-refractivity contribution in [1.29, 1.82) is 0 Å². The molecular formula is C17H20FNO2. The highest BCUT2D eigenvalue weighted by atomic mass is 19.1. The van der Waals surface area contributed by atoms with E-state index in [1.165, 1.54) is 13.2 Å². The van der Waals surface area contributed by atoms with E-state index in [2.05, 4.69) is 0 Å². The average Bonchev–Trinajstić information content (AvgIpc) is 2.46. The van der Waals surface area contributed by atoms with E-state index in [0.29, 0.717) is 17.1 Å². The lowest BCUT2D eigenvalue weighted by Gasteiger charge is -2.15. The van der Waals surface area contributed by atoms with Gasteiger partial charge in [-0.15, -0.1) is 0 Å². The molecule has 112 valence electrons. The maximum atomic E-state index is 13.9. The molecule has 21 heavy (non-hydrogen) atoms. The van der Waals surface area contributed by atoms with Crippen LogP contribution in [0.5, 0.6) is 11.5 Å². The first-order chi connectivity index (χ1) is 10.0. The van der Waals surface area contributed by atoms with Gasteiger partial charge in [-0.1, -0.05) is 17.7 Å². The van der Waals surface area contributed by atoms with Gasteiger partial charge in [-0.2, -0.15) is 0 Å². The fraction of sp³-hybridized carbons (Fsp3) is 0.294. The number of rotatable bonds is 5. The minimum absolute atomic E-state index is 0.138. The first-order valence-electron chi connectivity index (χ1n) is 6.82.